The first kappa shape index (κ1) is 107. The van der Waals surface area contributed by atoms with Crippen LogP contribution in [-0.4, -0.2) is 201 Å². The highest BCUT2D eigenvalue weighted by atomic mass is 16.6. The minimum atomic E-state index is -1.09. The van der Waals surface area contributed by atoms with Gasteiger partial charge in [0.1, 0.15) is 93.4 Å². The summed E-state index contributed by atoms with van der Waals surface area (Å²) in [5.41, 5.74) is 4.17. The number of benzene rings is 12. The van der Waals surface area contributed by atoms with Gasteiger partial charge < -0.3 is 166 Å². The zero-order chi connectivity index (χ0) is 107. The summed E-state index contributed by atoms with van der Waals surface area (Å²) in [6, 6.07) is 38.1. The number of rotatable bonds is 24. The molecule has 0 bridgehead atoms. The number of hydrogen-bond acceptors (Lipinski definition) is 42. The van der Waals surface area contributed by atoms with E-state index in [1.54, 1.807) is 13.8 Å². The first-order valence-electron chi connectivity index (χ1n) is 44.5. The van der Waals surface area contributed by atoms with Crippen LogP contribution in [-0.2, 0) is 63.8 Å². The first-order chi connectivity index (χ1) is 70.4. The van der Waals surface area contributed by atoms with E-state index in [4.69, 9.17) is 94.7 Å². The molecule has 0 aliphatic carbocycles. The predicted octanol–water partition coefficient (Wildman–Crippen LogP) is 14.6. The van der Waals surface area contributed by atoms with Crippen molar-refractivity contribution in [3.05, 3.63) is 248 Å². The fourth-order valence-corrected chi connectivity index (χ4v) is 16.4. The number of phenols is 14. The van der Waals surface area contributed by atoms with Gasteiger partial charge in [-0.1, -0.05) is 24.3 Å². The van der Waals surface area contributed by atoms with Gasteiger partial charge >= 0.3 is 47.8 Å². The van der Waals surface area contributed by atoms with Crippen LogP contribution in [0.1, 0.15) is 149 Å². The molecule has 14 N–H and O–H groups in total. The lowest BCUT2D eigenvalue weighted by atomic mass is 9.93. The fourth-order valence-electron chi connectivity index (χ4n) is 16.4. The Morgan fingerprint density at radius 1 is 0.250 bits per heavy atom. The molecule has 8 atom stereocenters. The molecule has 148 heavy (non-hydrogen) atoms. The molecule has 0 unspecified atom stereocenters. The van der Waals surface area contributed by atoms with Gasteiger partial charge in [-0.3, -0.25) is 19.2 Å². The molecule has 16 rings (SSSR count). The number of hydrogen-bond donors (Lipinski definition) is 14. The summed E-state index contributed by atoms with van der Waals surface area (Å²) in [5, 5.41) is 139. The molecule has 776 valence electrons. The van der Waals surface area contributed by atoms with E-state index in [0.717, 1.165) is 18.2 Å². The van der Waals surface area contributed by atoms with Crippen molar-refractivity contribution >= 4 is 47.8 Å². The molecule has 0 fully saturated rings. The van der Waals surface area contributed by atoms with Gasteiger partial charge in [-0.05, 0) is 122 Å². The number of carbonyl (C=O) groups excluding carboxylic acids is 8. The predicted molar refractivity (Wildman–Crippen MR) is 513 cm³/mol. The summed E-state index contributed by atoms with van der Waals surface area (Å²) in [6.45, 7) is 7.98. The third kappa shape index (κ3) is 24.2. The second kappa shape index (κ2) is 45.6. The third-order valence-electron chi connectivity index (χ3n) is 23.2. The minimum absolute atomic E-state index is 0.0179. The number of esters is 8. The Kier molecular flexibility index (Phi) is 32.8. The summed E-state index contributed by atoms with van der Waals surface area (Å²) in [6.07, 6.45) is -7.68. The van der Waals surface area contributed by atoms with E-state index >= 15 is 0 Å². The van der Waals surface area contributed by atoms with E-state index in [9.17, 15) is 110 Å². The summed E-state index contributed by atoms with van der Waals surface area (Å²) in [5.74, 6) is -6.81. The van der Waals surface area contributed by atoms with Crippen LogP contribution >= 0.6 is 0 Å². The van der Waals surface area contributed by atoms with Crippen molar-refractivity contribution < 1.29 is 205 Å². The molecule has 42 nitrogen and oxygen atoms in total. The largest absolute Gasteiger partial charge is 0.508 e. The standard InChI is InChI=1S/C33H32O14.C25H24O10.2C24H22O9/c1-16(34)42-22-13-25(44-18(3)36)23-15-30(47-33(38)21-11-28(39-5)32(41-7)29(12-21)40-6)31(46-26(23)14-22)20-8-9-24(43-17(2)35)27(10-20)45-19(4)37;1-31-20-7-13(8-21(32-2)24(20)33-3)25(30)35-22-11-15-17(28)9-14(26)10-19(15)34-23(22)12-4-5-16(27)18(29)6-12;2*1-11-5-13(7-20(31-2)22(11)29)24(30)33-21-10-15-17(27)8-14(25)9-19(15)32-23(21)12-3-4-16(26)18(28)6-12/h8-14,30-31H,15H2,1-7H3;4-10,22-23,26-29H,11H2,1-3H3;2*3-9,21,23,25-29H,10H2,1-2H3/t30-,31+;22-,23+;21-,23+;21-,23-/m0001/s1. The van der Waals surface area contributed by atoms with Crippen LogP contribution in [0.15, 0.2) is 170 Å². The molecule has 0 amide bonds. The lowest BCUT2D eigenvalue weighted by Gasteiger charge is -2.34. The van der Waals surface area contributed by atoms with Crippen LogP contribution in [0.2, 0.25) is 0 Å². The Balaban J connectivity index is 0.000000167. The highest BCUT2D eigenvalue weighted by Crippen LogP contribution is 2.52. The van der Waals surface area contributed by atoms with Gasteiger partial charge in [0.25, 0.3) is 0 Å². The molecule has 42 heteroatoms. The Hall–Kier alpha value is -18.8. The van der Waals surface area contributed by atoms with Gasteiger partial charge in [0, 0.05) is 146 Å². The van der Waals surface area contributed by atoms with Crippen LogP contribution in [0.25, 0.3) is 0 Å². The minimum Gasteiger partial charge on any atom is -0.508 e. The van der Waals surface area contributed by atoms with Crippen molar-refractivity contribution in [2.75, 3.05) is 56.9 Å². The van der Waals surface area contributed by atoms with Crippen molar-refractivity contribution in [3.8, 4) is 172 Å². The van der Waals surface area contributed by atoms with E-state index in [1.165, 1.54) is 236 Å². The lowest BCUT2D eigenvalue weighted by molar-refractivity contribution is -0.134. The van der Waals surface area contributed by atoms with Crippen LogP contribution in [0.3, 0.4) is 0 Å². The molecule has 4 aliphatic heterocycles. The SMILES string of the molecule is COc1cc(C(=O)O[C@@H]2Cc3c(O)cc(O)cc3O[C@@H]2c2ccc(O)c(O)c2)cc(C)c1O.COc1cc(C(=O)O[C@H]2Cc3c(O)cc(O)cc3O[C@@H]2c2ccc(O)c(O)c2)cc(C)c1O.COc1cc(C(=O)O[C@H]2Cc3c(O)cc(O)cc3O[C@@H]2c2ccc(O)c(O)c2)cc(OC)c1OC.COc1cc(C(=O)O[C@H]2Cc3c(OC(C)=O)cc(OC(C)=O)cc3O[C@@H]2c2ccc(OC(C)=O)c(OC(C)=O)c2)cc(OC)c1OC. The maximum atomic E-state index is 13.7. The summed E-state index contributed by atoms with van der Waals surface area (Å²) >= 11 is 0. The second-order valence-electron chi connectivity index (χ2n) is 33.3. The van der Waals surface area contributed by atoms with Gasteiger partial charge in [-0.15, -0.1) is 0 Å². The van der Waals surface area contributed by atoms with E-state index in [2.05, 4.69) is 0 Å². The molecule has 12 aromatic rings. The van der Waals surface area contributed by atoms with E-state index in [1.807, 2.05) is 0 Å². The second-order valence-corrected chi connectivity index (χ2v) is 33.3. The number of aromatic hydroxyl groups is 14. The van der Waals surface area contributed by atoms with E-state index in [-0.39, 0.29) is 215 Å². The van der Waals surface area contributed by atoms with Crippen LogP contribution in [0, 0.1) is 13.8 Å². The molecule has 0 saturated heterocycles. The van der Waals surface area contributed by atoms with Crippen LogP contribution in [0.5, 0.6) is 172 Å². The molecule has 0 spiro atoms. The molecular formula is C106H100O42. The number of phenolic OH excluding ortho intramolecular Hbond substituents is 14. The highest BCUT2D eigenvalue weighted by molar-refractivity contribution is 5.94. The van der Waals surface area contributed by atoms with Crippen molar-refractivity contribution in [2.24, 2.45) is 0 Å². The molecule has 12 aromatic carbocycles. The van der Waals surface area contributed by atoms with Crippen LogP contribution in [0.4, 0.5) is 0 Å². The fraction of sp³-hybridized carbons (Fsp3) is 0.245. The van der Waals surface area contributed by atoms with Gasteiger partial charge in [0.05, 0.1) is 79.1 Å². The van der Waals surface area contributed by atoms with Gasteiger partial charge in [0.15, 0.2) is 116 Å². The summed E-state index contributed by atoms with van der Waals surface area (Å²) < 4.78 is 111. The highest BCUT2D eigenvalue weighted by Gasteiger charge is 2.44. The molecule has 0 aromatic heterocycles. The first-order valence-corrected chi connectivity index (χ1v) is 44.5. The quantitative estimate of drug-likeness (QED) is 0.0116. The number of methoxy groups -OCH3 is 8. The molecule has 4 heterocycles. The van der Waals surface area contributed by atoms with E-state index in [0.29, 0.717) is 61.4 Å². The Labute approximate surface area is 841 Å². The van der Waals surface area contributed by atoms with Crippen molar-refractivity contribution in [1.29, 1.82) is 0 Å². The van der Waals surface area contributed by atoms with Gasteiger partial charge in [-0.25, -0.2) is 19.2 Å². The zero-order valence-electron chi connectivity index (χ0n) is 81.3. The molecule has 4 aliphatic rings. The average Bonchev–Trinajstić information content (AvgIpc) is 0.770. The number of aryl methyl sites for hydroxylation is 2. The molecule has 0 radical (unpaired) electrons. The Morgan fingerprint density at radius 3 is 0.818 bits per heavy atom. The van der Waals surface area contributed by atoms with E-state index < -0.39 is 96.6 Å². The third-order valence-corrected chi connectivity index (χ3v) is 23.2. The van der Waals surface area contributed by atoms with Crippen LogP contribution < -0.4 is 75.8 Å². The Morgan fingerprint density at radius 2 is 0.520 bits per heavy atom. The monoisotopic (exact) mass is 2040 g/mol. The number of fused-ring (bicyclic) bond motifs is 4. The summed E-state index contributed by atoms with van der Waals surface area (Å²) in [4.78, 5) is 100. The topological polar surface area (TPSA) is 604 Å². The van der Waals surface area contributed by atoms with Crippen molar-refractivity contribution in [2.45, 2.75) is 116 Å². The van der Waals surface area contributed by atoms with Crippen molar-refractivity contribution in [3.63, 3.8) is 0 Å². The Bertz CT molecular complexity index is 6880. The zero-order valence-corrected chi connectivity index (χ0v) is 81.3. The maximum absolute atomic E-state index is 13.7. The maximum Gasteiger partial charge on any atom is 0.338 e. The smallest absolute Gasteiger partial charge is 0.338 e. The average molecular weight is 2050 g/mol. The molecular weight excluding hydrogens is 1950 g/mol. The molecule has 0 saturated carbocycles. The number of carbonyl (C=O) groups is 8. The lowest BCUT2D eigenvalue weighted by Crippen LogP contribution is -2.35. The summed E-state index contributed by atoms with van der Waals surface area (Å²) in [7, 11) is 11.2. The van der Waals surface area contributed by atoms with Crippen molar-refractivity contribution in [1.82, 2.24) is 0 Å². The normalized spacial score (nSPS) is 16.2. The van der Waals surface area contributed by atoms with Gasteiger partial charge in [-0.2, -0.15) is 0 Å². The number of ether oxygens (including phenoxy) is 20. The van der Waals surface area contributed by atoms with Gasteiger partial charge in [0.2, 0.25) is 11.5 Å².